The van der Waals surface area contributed by atoms with Gasteiger partial charge in [-0.2, -0.15) is 0 Å². The van der Waals surface area contributed by atoms with Crippen molar-refractivity contribution in [3.63, 3.8) is 0 Å². The molecule has 19 heavy (non-hydrogen) atoms. The summed E-state index contributed by atoms with van der Waals surface area (Å²) in [7, 11) is 2.02. The van der Waals surface area contributed by atoms with Gasteiger partial charge in [0.1, 0.15) is 0 Å². The molecule has 1 saturated heterocycles. The largest absolute Gasteiger partial charge is 0.481 e. The summed E-state index contributed by atoms with van der Waals surface area (Å²) in [5.74, 6) is -0.725. The average Bonchev–Trinajstić information content (AvgIpc) is 2.85. The van der Waals surface area contributed by atoms with Crippen molar-refractivity contribution < 1.29 is 9.90 Å². The molecule has 1 N–H and O–H groups in total. The van der Waals surface area contributed by atoms with Crippen LogP contribution in [0.1, 0.15) is 18.4 Å². The van der Waals surface area contributed by atoms with Gasteiger partial charge in [0, 0.05) is 44.6 Å². The fourth-order valence-electron chi connectivity index (χ4n) is 2.52. The molecule has 0 spiro atoms. The van der Waals surface area contributed by atoms with E-state index in [4.69, 9.17) is 5.11 Å². The number of carbonyl (C=O) groups is 1. The van der Waals surface area contributed by atoms with E-state index in [-0.39, 0.29) is 6.42 Å². The maximum absolute atomic E-state index is 10.6. The van der Waals surface area contributed by atoms with Crippen molar-refractivity contribution in [1.82, 2.24) is 14.8 Å². The third kappa shape index (κ3) is 4.29. The molecule has 5 heteroatoms. The molecular weight excluding hydrogens is 242 g/mol. The van der Waals surface area contributed by atoms with Crippen LogP contribution in [0.25, 0.3) is 0 Å². The SMILES string of the molecule is CN(CCC(=O)O)C1CCN(Cc2cccnc2)C1. The number of aromatic nitrogens is 1. The molecular formula is C14H21N3O2. The summed E-state index contributed by atoms with van der Waals surface area (Å²) in [6.07, 6.45) is 5.02. The van der Waals surface area contributed by atoms with E-state index in [9.17, 15) is 4.79 Å². The lowest BCUT2D eigenvalue weighted by Gasteiger charge is -2.24. The lowest BCUT2D eigenvalue weighted by Crippen LogP contribution is -2.35. The summed E-state index contributed by atoms with van der Waals surface area (Å²) >= 11 is 0. The van der Waals surface area contributed by atoms with E-state index in [0.29, 0.717) is 12.6 Å². The number of carboxylic acid groups (broad SMARTS) is 1. The van der Waals surface area contributed by atoms with Crippen LogP contribution < -0.4 is 0 Å². The molecule has 1 atom stereocenters. The molecule has 0 bridgehead atoms. The highest BCUT2D eigenvalue weighted by atomic mass is 16.4. The highest BCUT2D eigenvalue weighted by Crippen LogP contribution is 2.17. The second-order valence-corrected chi connectivity index (χ2v) is 5.16. The Labute approximate surface area is 113 Å². The molecule has 2 rings (SSSR count). The number of carboxylic acids is 1. The summed E-state index contributed by atoms with van der Waals surface area (Å²) in [6.45, 7) is 3.62. The first kappa shape index (κ1) is 14.0. The number of hydrogen-bond donors (Lipinski definition) is 1. The van der Waals surface area contributed by atoms with Gasteiger partial charge in [0.25, 0.3) is 0 Å². The minimum atomic E-state index is -0.725. The third-order valence-electron chi connectivity index (χ3n) is 3.68. The Kier molecular flexibility index (Phi) is 4.87. The van der Waals surface area contributed by atoms with Crippen molar-refractivity contribution in [2.24, 2.45) is 0 Å². The molecule has 0 amide bonds. The summed E-state index contributed by atoms with van der Waals surface area (Å²) in [5, 5.41) is 8.71. The van der Waals surface area contributed by atoms with E-state index in [1.165, 1.54) is 5.56 Å². The van der Waals surface area contributed by atoms with Crippen LogP contribution in [0.15, 0.2) is 24.5 Å². The fraction of sp³-hybridized carbons (Fsp3) is 0.571. The molecule has 1 aliphatic heterocycles. The maximum Gasteiger partial charge on any atom is 0.304 e. The Morgan fingerprint density at radius 1 is 1.63 bits per heavy atom. The number of rotatable bonds is 6. The molecule has 1 aromatic rings. The highest BCUT2D eigenvalue weighted by molar-refractivity contribution is 5.66. The number of aliphatic carboxylic acids is 1. The first-order valence-electron chi connectivity index (χ1n) is 6.68. The molecule has 0 radical (unpaired) electrons. The van der Waals surface area contributed by atoms with Gasteiger partial charge in [0.15, 0.2) is 0 Å². The van der Waals surface area contributed by atoms with Gasteiger partial charge >= 0.3 is 5.97 Å². The molecule has 0 saturated carbocycles. The third-order valence-corrected chi connectivity index (χ3v) is 3.68. The van der Waals surface area contributed by atoms with Crippen molar-refractivity contribution in [3.05, 3.63) is 30.1 Å². The van der Waals surface area contributed by atoms with Crippen molar-refractivity contribution in [2.45, 2.75) is 25.4 Å². The van der Waals surface area contributed by atoms with Crippen molar-refractivity contribution in [2.75, 3.05) is 26.7 Å². The summed E-state index contributed by atoms with van der Waals surface area (Å²) in [4.78, 5) is 19.3. The number of nitrogens with zero attached hydrogens (tertiary/aromatic N) is 3. The molecule has 1 unspecified atom stereocenters. The number of pyridine rings is 1. The van der Waals surface area contributed by atoms with E-state index < -0.39 is 5.97 Å². The van der Waals surface area contributed by atoms with Gasteiger partial charge in [-0.15, -0.1) is 0 Å². The molecule has 2 heterocycles. The standard InChI is InChI=1S/C14H21N3O2/c1-16(7-5-14(18)19)13-4-8-17(11-13)10-12-3-2-6-15-9-12/h2-3,6,9,13H,4-5,7-8,10-11H2,1H3,(H,18,19). The molecule has 1 fully saturated rings. The lowest BCUT2D eigenvalue weighted by atomic mass is 10.2. The first-order chi connectivity index (χ1) is 9.15. The van der Waals surface area contributed by atoms with E-state index in [2.05, 4.69) is 20.9 Å². The van der Waals surface area contributed by atoms with Crippen LogP contribution in [0.5, 0.6) is 0 Å². The monoisotopic (exact) mass is 263 g/mol. The van der Waals surface area contributed by atoms with Gasteiger partial charge in [-0.05, 0) is 25.1 Å². The van der Waals surface area contributed by atoms with E-state index >= 15 is 0 Å². The molecule has 104 valence electrons. The predicted molar refractivity (Wildman–Crippen MR) is 72.8 cm³/mol. The van der Waals surface area contributed by atoms with Crippen LogP contribution in [-0.2, 0) is 11.3 Å². The predicted octanol–water partition coefficient (Wildman–Crippen LogP) is 1.06. The summed E-state index contributed by atoms with van der Waals surface area (Å²) < 4.78 is 0. The molecule has 0 aliphatic carbocycles. The molecule has 1 aliphatic rings. The number of hydrogen-bond acceptors (Lipinski definition) is 4. The van der Waals surface area contributed by atoms with Crippen LogP contribution in [0.2, 0.25) is 0 Å². The minimum absolute atomic E-state index is 0.218. The second-order valence-electron chi connectivity index (χ2n) is 5.16. The van der Waals surface area contributed by atoms with Crippen molar-refractivity contribution in [1.29, 1.82) is 0 Å². The lowest BCUT2D eigenvalue weighted by molar-refractivity contribution is -0.137. The van der Waals surface area contributed by atoms with Gasteiger partial charge < -0.3 is 10.0 Å². The van der Waals surface area contributed by atoms with Crippen molar-refractivity contribution in [3.8, 4) is 0 Å². The normalized spacial score (nSPS) is 20.0. The van der Waals surface area contributed by atoms with Crippen LogP contribution in [0.4, 0.5) is 0 Å². The van der Waals surface area contributed by atoms with E-state index in [1.54, 1.807) is 6.20 Å². The highest BCUT2D eigenvalue weighted by Gasteiger charge is 2.25. The van der Waals surface area contributed by atoms with Gasteiger partial charge in [-0.3, -0.25) is 14.7 Å². The van der Waals surface area contributed by atoms with Crippen LogP contribution in [0, 0.1) is 0 Å². The average molecular weight is 263 g/mol. The fourth-order valence-corrected chi connectivity index (χ4v) is 2.52. The van der Waals surface area contributed by atoms with Gasteiger partial charge in [0.2, 0.25) is 0 Å². The molecule has 5 nitrogen and oxygen atoms in total. The van der Waals surface area contributed by atoms with Gasteiger partial charge in [0.05, 0.1) is 6.42 Å². The maximum atomic E-state index is 10.6. The van der Waals surface area contributed by atoms with E-state index in [0.717, 1.165) is 26.1 Å². The zero-order valence-corrected chi connectivity index (χ0v) is 11.3. The summed E-state index contributed by atoms with van der Waals surface area (Å²) in [6, 6.07) is 4.52. The topological polar surface area (TPSA) is 56.7 Å². The van der Waals surface area contributed by atoms with Gasteiger partial charge in [-0.1, -0.05) is 6.07 Å². The molecule has 1 aromatic heterocycles. The number of likely N-dealkylation sites (N-methyl/N-ethyl adjacent to an activating group) is 1. The van der Waals surface area contributed by atoms with Gasteiger partial charge in [-0.25, -0.2) is 0 Å². The van der Waals surface area contributed by atoms with E-state index in [1.807, 2.05) is 19.3 Å². The zero-order valence-electron chi connectivity index (χ0n) is 11.3. The quantitative estimate of drug-likeness (QED) is 0.832. The second kappa shape index (κ2) is 6.63. The minimum Gasteiger partial charge on any atom is -0.481 e. The smallest absolute Gasteiger partial charge is 0.304 e. The van der Waals surface area contributed by atoms with Crippen molar-refractivity contribution >= 4 is 5.97 Å². The summed E-state index contributed by atoms with van der Waals surface area (Å²) in [5.41, 5.74) is 1.23. The Balaban J connectivity index is 1.78. The zero-order chi connectivity index (χ0) is 13.7. The van der Waals surface area contributed by atoms with Crippen LogP contribution >= 0.6 is 0 Å². The first-order valence-corrected chi connectivity index (χ1v) is 6.68. The molecule has 0 aromatic carbocycles. The van der Waals surface area contributed by atoms with Crippen LogP contribution in [0.3, 0.4) is 0 Å². The van der Waals surface area contributed by atoms with Crippen LogP contribution in [-0.4, -0.2) is 58.6 Å². The Morgan fingerprint density at radius 3 is 3.16 bits per heavy atom. The Hall–Kier alpha value is -1.46. The number of likely N-dealkylation sites (tertiary alicyclic amines) is 1. The Bertz CT molecular complexity index is 410. The Morgan fingerprint density at radius 2 is 2.47 bits per heavy atom.